The van der Waals surface area contributed by atoms with E-state index in [1.165, 1.54) is 24.8 Å². The van der Waals surface area contributed by atoms with E-state index in [0.717, 1.165) is 66.2 Å². The van der Waals surface area contributed by atoms with Crippen LogP contribution in [0.5, 0.6) is 5.75 Å². The summed E-state index contributed by atoms with van der Waals surface area (Å²) in [5.74, 6) is 2.25. The summed E-state index contributed by atoms with van der Waals surface area (Å²) in [4.78, 5) is 2.49. The number of halogens is 1. The fourth-order valence-electron chi connectivity index (χ4n) is 5.30. The Balaban J connectivity index is 1.49. The highest BCUT2D eigenvalue weighted by atomic mass is 35.5. The maximum Gasteiger partial charge on any atom is 0.138 e. The Bertz CT molecular complexity index is 911. The summed E-state index contributed by atoms with van der Waals surface area (Å²) in [5, 5.41) is 12.7. The summed E-state index contributed by atoms with van der Waals surface area (Å²) in [6, 6.07) is 11.1. The molecule has 168 valence electrons. The summed E-state index contributed by atoms with van der Waals surface area (Å²) in [5.41, 5.74) is 1.27. The van der Waals surface area contributed by atoms with Crippen LogP contribution in [-0.4, -0.2) is 29.2 Å². The third-order valence-corrected chi connectivity index (χ3v) is 8.03. The van der Waals surface area contributed by atoms with Crippen molar-refractivity contribution < 1.29 is 9.84 Å². The van der Waals surface area contributed by atoms with Crippen molar-refractivity contribution >= 4 is 22.4 Å². The molecule has 1 saturated heterocycles. The zero-order valence-electron chi connectivity index (χ0n) is 18.9. The van der Waals surface area contributed by atoms with Gasteiger partial charge in [-0.1, -0.05) is 49.7 Å². The van der Waals surface area contributed by atoms with E-state index in [0.29, 0.717) is 11.8 Å². The minimum atomic E-state index is 0.238. The van der Waals surface area contributed by atoms with Gasteiger partial charge in [0.1, 0.15) is 5.75 Å². The van der Waals surface area contributed by atoms with Gasteiger partial charge in [0.2, 0.25) is 0 Å². The molecule has 4 heteroatoms. The number of piperidine rings is 1. The Hall–Kier alpha value is -1.71. The van der Waals surface area contributed by atoms with Gasteiger partial charge in [-0.15, -0.1) is 0 Å². The number of hydrogen-bond acceptors (Lipinski definition) is 3. The number of benzene rings is 2. The van der Waals surface area contributed by atoms with Crippen molar-refractivity contribution in [2.75, 3.05) is 13.1 Å². The first kappa shape index (κ1) is 22.5. The van der Waals surface area contributed by atoms with Crippen molar-refractivity contribution in [3.8, 4) is 5.75 Å². The second-order valence-electron chi connectivity index (χ2n) is 9.50. The molecule has 2 aromatic carbocycles. The molecule has 31 heavy (non-hydrogen) atoms. The number of nitrogens with zero attached hydrogens (tertiary/aromatic N) is 1. The van der Waals surface area contributed by atoms with E-state index >= 15 is 0 Å². The van der Waals surface area contributed by atoms with E-state index in [1.54, 1.807) is 0 Å². The van der Waals surface area contributed by atoms with E-state index in [4.69, 9.17) is 16.3 Å². The molecular weight excluding hydrogens is 406 g/mol. The first-order chi connectivity index (χ1) is 15.0. The molecule has 1 saturated carbocycles. The van der Waals surface area contributed by atoms with E-state index in [-0.39, 0.29) is 12.0 Å². The molecule has 0 spiro atoms. The summed E-state index contributed by atoms with van der Waals surface area (Å²) in [6.07, 6.45) is 8.25. The number of aliphatic hydroxyl groups is 1. The normalized spacial score (nSPS) is 24.2. The Kier molecular flexibility index (Phi) is 7.13. The molecular formula is C27H36ClNO2. The van der Waals surface area contributed by atoms with Crippen molar-refractivity contribution in [2.45, 2.75) is 70.9 Å². The molecule has 0 radical (unpaired) electrons. The predicted molar refractivity (Wildman–Crippen MR) is 130 cm³/mol. The Morgan fingerprint density at radius 3 is 2.45 bits per heavy atom. The average molecular weight is 442 g/mol. The van der Waals surface area contributed by atoms with Crippen LogP contribution in [0.25, 0.3) is 10.8 Å². The van der Waals surface area contributed by atoms with Crippen LogP contribution in [0.15, 0.2) is 42.7 Å². The van der Waals surface area contributed by atoms with E-state index in [1.807, 2.05) is 6.07 Å². The fraction of sp³-hybridized carbons (Fsp3) is 0.556. The topological polar surface area (TPSA) is 32.7 Å². The molecule has 0 bridgehead atoms. The van der Waals surface area contributed by atoms with Gasteiger partial charge in [0.05, 0.1) is 16.9 Å². The van der Waals surface area contributed by atoms with Gasteiger partial charge in [-0.2, -0.15) is 0 Å². The molecule has 2 fully saturated rings. The highest BCUT2D eigenvalue weighted by Gasteiger charge is 2.26. The fourth-order valence-corrected chi connectivity index (χ4v) is 5.57. The maximum atomic E-state index is 9.70. The van der Waals surface area contributed by atoms with Crippen molar-refractivity contribution in [2.24, 2.45) is 11.8 Å². The smallest absolute Gasteiger partial charge is 0.138 e. The summed E-state index contributed by atoms with van der Waals surface area (Å²) >= 11 is 6.86. The molecule has 1 aliphatic heterocycles. The number of rotatable bonds is 6. The highest BCUT2D eigenvalue weighted by Crippen LogP contribution is 2.38. The van der Waals surface area contributed by atoms with E-state index in [2.05, 4.69) is 49.6 Å². The highest BCUT2D eigenvalue weighted by molar-refractivity contribution is 6.37. The predicted octanol–water partition coefficient (Wildman–Crippen LogP) is 7.69. The largest absolute Gasteiger partial charge is 0.513 e. The Labute approximate surface area is 192 Å². The third-order valence-electron chi connectivity index (χ3n) is 7.64. The zero-order chi connectivity index (χ0) is 22.0. The molecule has 0 aromatic heterocycles. The Morgan fingerprint density at radius 2 is 1.81 bits per heavy atom. The van der Waals surface area contributed by atoms with Gasteiger partial charge >= 0.3 is 0 Å². The number of likely N-dealkylation sites (tertiary alicyclic amines) is 1. The van der Waals surface area contributed by atoms with E-state index in [9.17, 15) is 5.11 Å². The number of ether oxygens (including phenoxy) is 1. The average Bonchev–Trinajstić information content (AvgIpc) is 2.81. The van der Waals surface area contributed by atoms with Gasteiger partial charge in [-0.3, -0.25) is 4.90 Å². The summed E-state index contributed by atoms with van der Waals surface area (Å²) in [6.45, 7) is 10.2. The second kappa shape index (κ2) is 9.83. The lowest BCUT2D eigenvalue weighted by molar-refractivity contribution is 0.130. The molecule has 2 aromatic rings. The van der Waals surface area contributed by atoms with Crippen molar-refractivity contribution in [1.82, 2.24) is 4.90 Å². The minimum absolute atomic E-state index is 0.238. The summed E-state index contributed by atoms with van der Waals surface area (Å²) < 4.78 is 6.36. The molecule has 1 heterocycles. The molecule has 1 N–H and O–H groups in total. The number of hydrogen-bond donors (Lipinski definition) is 1. The van der Waals surface area contributed by atoms with Gasteiger partial charge in [0, 0.05) is 17.3 Å². The van der Waals surface area contributed by atoms with Crippen molar-refractivity contribution in [3.63, 3.8) is 0 Å². The van der Waals surface area contributed by atoms with Crippen LogP contribution in [-0.2, 0) is 0 Å². The van der Waals surface area contributed by atoms with Gasteiger partial charge in [-0.25, -0.2) is 0 Å². The van der Waals surface area contributed by atoms with Gasteiger partial charge in [0.25, 0.3) is 0 Å². The number of allylic oxidation sites excluding steroid dienone is 1. The van der Waals surface area contributed by atoms with Crippen LogP contribution in [0, 0.1) is 11.8 Å². The van der Waals surface area contributed by atoms with Crippen LogP contribution in [0.4, 0.5) is 0 Å². The zero-order valence-corrected chi connectivity index (χ0v) is 19.7. The van der Waals surface area contributed by atoms with E-state index < -0.39 is 0 Å². The van der Waals surface area contributed by atoms with Crippen molar-refractivity contribution in [1.29, 1.82) is 0 Å². The molecule has 4 rings (SSSR count). The van der Waals surface area contributed by atoms with Gasteiger partial charge in [0.15, 0.2) is 0 Å². The second-order valence-corrected chi connectivity index (χ2v) is 9.88. The van der Waals surface area contributed by atoms with Gasteiger partial charge in [-0.05, 0) is 87.5 Å². The Morgan fingerprint density at radius 1 is 1.13 bits per heavy atom. The van der Waals surface area contributed by atoms with Crippen molar-refractivity contribution in [3.05, 3.63) is 53.3 Å². The van der Waals surface area contributed by atoms with Crippen LogP contribution in [0.1, 0.15) is 70.4 Å². The minimum Gasteiger partial charge on any atom is -0.513 e. The maximum absolute atomic E-state index is 9.70. The van der Waals surface area contributed by atoms with Crippen LogP contribution < -0.4 is 4.74 Å². The monoisotopic (exact) mass is 441 g/mol. The number of fused-ring (bicyclic) bond motifs is 1. The molecule has 1 unspecified atom stereocenters. The first-order valence-electron chi connectivity index (χ1n) is 12.0. The van der Waals surface area contributed by atoms with Crippen LogP contribution in [0.2, 0.25) is 5.02 Å². The third kappa shape index (κ3) is 5.04. The molecule has 2 aliphatic rings. The molecule has 1 atom stereocenters. The number of aliphatic hydroxyl groups excluding tert-OH is 1. The lowest BCUT2D eigenvalue weighted by Crippen LogP contribution is -2.36. The first-order valence-corrected chi connectivity index (χ1v) is 12.3. The molecule has 1 aliphatic carbocycles. The SMILES string of the molecule is C=C(O)C1CCN(C(C)c2ccc3ccc(OC4CCC(CC)CC4)c(Cl)c3c2)CC1. The standard InChI is InChI=1S/C27H36ClNO2/c1-4-20-5-10-24(11-6-20)31-26-12-9-22-7-8-23(17-25(22)27(26)28)18(2)29-15-13-21(14-16-29)19(3)30/h7-9,12,17-18,20-21,24,30H,3-6,10-11,13-16H2,1-2H3. The van der Waals surface area contributed by atoms with Crippen LogP contribution in [0.3, 0.4) is 0 Å². The molecule has 3 nitrogen and oxygen atoms in total. The van der Waals surface area contributed by atoms with Gasteiger partial charge < -0.3 is 9.84 Å². The molecule has 0 amide bonds. The lowest BCUT2D eigenvalue weighted by atomic mass is 9.86. The summed E-state index contributed by atoms with van der Waals surface area (Å²) in [7, 11) is 0. The van der Waals surface area contributed by atoms with Crippen LogP contribution >= 0.6 is 11.6 Å². The lowest BCUT2D eigenvalue weighted by Gasteiger charge is -2.36. The quantitative estimate of drug-likeness (QED) is 0.466.